The Morgan fingerprint density at radius 3 is 2.75 bits per heavy atom. The number of rotatable bonds is 4. The van der Waals surface area contributed by atoms with Crippen LogP contribution in [0.1, 0.15) is 63.0 Å². The smallest absolute Gasteiger partial charge is 0.251 e. The molecule has 1 fully saturated rings. The number of carbonyl (C=O) groups excluding carboxylic acids is 1. The van der Waals surface area contributed by atoms with Crippen LogP contribution in [0.15, 0.2) is 12.1 Å². The van der Waals surface area contributed by atoms with E-state index in [1.54, 1.807) is 6.07 Å². The quantitative estimate of drug-likeness (QED) is 0.887. The summed E-state index contributed by atoms with van der Waals surface area (Å²) in [4.78, 5) is 16.6. The molecular weight excluding hydrogens is 250 g/mol. The van der Waals surface area contributed by atoms with Gasteiger partial charge in [0.05, 0.1) is 0 Å². The van der Waals surface area contributed by atoms with Gasteiger partial charge >= 0.3 is 0 Å². The number of nitrogen functional groups attached to an aromatic ring is 1. The van der Waals surface area contributed by atoms with E-state index < -0.39 is 0 Å². The number of pyridine rings is 1. The number of amides is 1. The van der Waals surface area contributed by atoms with Crippen LogP contribution in [-0.4, -0.2) is 16.9 Å². The summed E-state index contributed by atoms with van der Waals surface area (Å²) in [7, 11) is 0. The van der Waals surface area contributed by atoms with Gasteiger partial charge in [-0.15, -0.1) is 0 Å². The maximum atomic E-state index is 12.3. The van der Waals surface area contributed by atoms with Crippen molar-refractivity contribution in [3.8, 4) is 0 Å². The molecule has 1 amide bonds. The van der Waals surface area contributed by atoms with E-state index in [1.807, 2.05) is 6.07 Å². The lowest BCUT2D eigenvalue weighted by Gasteiger charge is -2.19. The average molecular weight is 275 g/mol. The molecule has 3 N–H and O–H groups in total. The van der Waals surface area contributed by atoms with E-state index in [-0.39, 0.29) is 11.3 Å². The third-order valence-corrected chi connectivity index (χ3v) is 3.77. The van der Waals surface area contributed by atoms with Crippen LogP contribution in [0, 0.1) is 5.92 Å². The number of aromatic nitrogens is 1. The molecule has 2 rings (SSSR count). The van der Waals surface area contributed by atoms with Crippen molar-refractivity contribution in [3.63, 3.8) is 0 Å². The second-order valence-electron chi connectivity index (χ2n) is 6.78. The first-order valence-corrected chi connectivity index (χ1v) is 7.40. The van der Waals surface area contributed by atoms with Crippen molar-refractivity contribution in [2.45, 2.75) is 58.4 Å². The number of carbonyl (C=O) groups is 1. The molecule has 110 valence electrons. The highest BCUT2D eigenvalue weighted by molar-refractivity contribution is 5.95. The summed E-state index contributed by atoms with van der Waals surface area (Å²) in [6.45, 7) is 8.37. The van der Waals surface area contributed by atoms with Crippen molar-refractivity contribution < 1.29 is 4.79 Å². The molecule has 0 aliphatic heterocycles. The van der Waals surface area contributed by atoms with Crippen LogP contribution in [-0.2, 0) is 5.41 Å². The molecule has 0 saturated heterocycles. The number of hydrogen-bond donors (Lipinski definition) is 2. The van der Waals surface area contributed by atoms with Crippen molar-refractivity contribution in [1.82, 2.24) is 10.3 Å². The van der Waals surface area contributed by atoms with E-state index >= 15 is 0 Å². The topological polar surface area (TPSA) is 68.0 Å². The molecule has 1 aromatic rings. The Kier molecular flexibility index (Phi) is 4.02. The maximum absolute atomic E-state index is 12.3. The van der Waals surface area contributed by atoms with E-state index in [0.29, 0.717) is 23.3 Å². The van der Waals surface area contributed by atoms with Crippen molar-refractivity contribution in [2.24, 2.45) is 5.92 Å². The van der Waals surface area contributed by atoms with Crippen molar-refractivity contribution in [3.05, 3.63) is 23.4 Å². The van der Waals surface area contributed by atoms with E-state index in [2.05, 4.69) is 38.0 Å². The van der Waals surface area contributed by atoms with Gasteiger partial charge in [-0.25, -0.2) is 4.98 Å². The van der Waals surface area contributed by atoms with Gasteiger partial charge in [-0.1, -0.05) is 34.1 Å². The zero-order valence-electron chi connectivity index (χ0n) is 12.9. The Morgan fingerprint density at radius 2 is 2.15 bits per heavy atom. The molecule has 4 nitrogen and oxygen atoms in total. The van der Waals surface area contributed by atoms with Crippen LogP contribution in [0.25, 0.3) is 0 Å². The molecule has 1 heterocycles. The molecule has 2 unspecified atom stereocenters. The van der Waals surface area contributed by atoms with E-state index in [9.17, 15) is 4.79 Å². The Labute approximate surface area is 121 Å². The molecule has 20 heavy (non-hydrogen) atoms. The summed E-state index contributed by atoms with van der Waals surface area (Å²) in [6, 6.07) is 3.85. The third kappa shape index (κ3) is 3.50. The van der Waals surface area contributed by atoms with Gasteiger partial charge in [-0.05, 0) is 30.9 Å². The molecule has 1 aliphatic carbocycles. The van der Waals surface area contributed by atoms with Crippen molar-refractivity contribution in [2.75, 3.05) is 5.73 Å². The van der Waals surface area contributed by atoms with Gasteiger partial charge in [0, 0.05) is 22.7 Å². The zero-order chi connectivity index (χ0) is 14.9. The Morgan fingerprint density at radius 1 is 1.45 bits per heavy atom. The minimum absolute atomic E-state index is 0.0341. The Bertz CT molecular complexity index is 505. The fourth-order valence-electron chi connectivity index (χ4n) is 2.43. The fourth-order valence-corrected chi connectivity index (χ4v) is 2.43. The number of nitrogens with zero attached hydrogens (tertiary/aromatic N) is 1. The van der Waals surface area contributed by atoms with Gasteiger partial charge in [0.25, 0.3) is 5.91 Å². The lowest BCUT2D eigenvalue weighted by molar-refractivity contribution is 0.0948. The minimum atomic E-state index is -0.116. The maximum Gasteiger partial charge on any atom is 0.251 e. The van der Waals surface area contributed by atoms with Gasteiger partial charge < -0.3 is 11.1 Å². The van der Waals surface area contributed by atoms with Gasteiger partial charge in [0.2, 0.25) is 0 Å². The standard InChI is InChI=1S/C16H25N3O/c1-5-6-10-7-12(10)18-15(20)11-8-13(16(2,3)4)19-14(17)9-11/h8-10,12H,5-7H2,1-4H3,(H2,17,19)(H,18,20). The number of hydrogen-bond acceptors (Lipinski definition) is 3. The molecule has 4 heteroatoms. The average Bonchev–Trinajstić information content (AvgIpc) is 3.05. The summed E-state index contributed by atoms with van der Waals surface area (Å²) in [5, 5.41) is 3.09. The highest BCUT2D eigenvalue weighted by atomic mass is 16.1. The van der Waals surface area contributed by atoms with Gasteiger partial charge in [-0.2, -0.15) is 0 Å². The van der Waals surface area contributed by atoms with Crippen LogP contribution in [0.5, 0.6) is 0 Å². The highest BCUT2D eigenvalue weighted by Crippen LogP contribution is 2.34. The SMILES string of the molecule is CCCC1CC1NC(=O)c1cc(N)nc(C(C)(C)C)c1. The summed E-state index contributed by atoms with van der Waals surface area (Å²) in [5.41, 5.74) is 7.17. The first kappa shape index (κ1) is 14.8. The summed E-state index contributed by atoms with van der Waals surface area (Å²) in [5.74, 6) is 1.03. The largest absolute Gasteiger partial charge is 0.384 e. The monoisotopic (exact) mass is 275 g/mol. The first-order chi connectivity index (χ1) is 9.31. The summed E-state index contributed by atoms with van der Waals surface area (Å²) < 4.78 is 0. The molecule has 1 saturated carbocycles. The fraction of sp³-hybridized carbons (Fsp3) is 0.625. The van der Waals surface area contributed by atoms with E-state index in [4.69, 9.17) is 5.73 Å². The molecule has 0 spiro atoms. The van der Waals surface area contributed by atoms with Gasteiger partial charge in [0.15, 0.2) is 0 Å². The molecule has 0 aromatic carbocycles. The lowest BCUT2D eigenvalue weighted by Crippen LogP contribution is -2.28. The number of anilines is 1. The molecule has 2 atom stereocenters. The van der Waals surface area contributed by atoms with Crippen LogP contribution in [0.3, 0.4) is 0 Å². The van der Waals surface area contributed by atoms with Crippen LogP contribution < -0.4 is 11.1 Å². The number of nitrogens with one attached hydrogen (secondary N) is 1. The van der Waals surface area contributed by atoms with E-state index in [1.165, 1.54) is 12.8 Å². The van der Waals surface area contributed by atoms with Crippen molar-refractivity contribution >= 4 is 11.7 Å². The predicted molar refractivity (Wildman–Crippen MR) is 81.6 cm³/mol. The third-order valence-electron chi connectivity index (χ3n) is 3.77. The molecule has 1 aromatic heterocycles. The molecule has 0 bridgehead atoms. The first-order valence-electron chi connectivity index (χ1n) is 7.40. The zero-order valence-corrected chi connectivity index (χ0v) is 12.9. The molecule has 0 radical (unpaired) electrons. The lowest BCUT2D eigenvalue weighted by atomic mass is 9.90. The summed E-state index contributed by atoms with van der Waals surface area (Å²) >= 11 is 0. The second kappa shape index (κ2) is 5.43. The predicted octanol–water partition coefficient (Wildman–Crippen LogP) is 2.88. The highest BCUT2D eigenvalue weighted by Gasteiger charge is 2.37. The minimum Gasteiger partial charge on any atom is -0.384 e. The van der Waals surface area contributed by atoms with Crippen molar-refractivity contribution in [1.29, 1.82) is 0 Å². The molecular formula is C16H25N3O. The Hall–Kier alpha value is -1.58. The number of nitrogens with two attached hydrogens (primary N) is 1. The van der Waals surface area contributed by atoms with Crippen LogP contribution in [0.4, 0.5) is 5.82 Å². The normalized spacial score (nSPS) is 21.6. The molecule has 1 aliphatic rings. The van der Waals surface area contributed by atoms with Crippen LogP contribution >= 0.6 is 0 Å². The Balaban J connectivity index is 2.09. The van der Waals surface area contributed by atoms with Gasteiger partial charge in [0.1, 0.15) is 5.82 Å². The van der Waals surface area contributed by atoms with E-state index in [0.717, 1.165) is 12.1 Å². The van der Waals surface area contributed by atoms with Gasteiger partial charge in [-0.3, -0.25) is 4.79 Å². The second-order valence-corrected chi connectivity index (χ2v) is 6.78. The summed E-state index contributed by atoms with van der Waals surface area (Å²) in [6.07, 6.45) is 3.47. The van der Waals surface area contributed by atoms with Crippen LogP contribution in [0.2, 0.25) is 0 Å².